The summed E-state index contributed by atoms with van der Waals surface area (Å²) < 4.78 is 11.8. The van der Waals surface area contributed by atoms with E-state index < -0.39 is 10.8 Å². The fraction of sp³-hybridized carbons (Fsp3) is 0.400. The molecule has 1 heterocycles. The van der Waals surface area contributed by atoms with Crippen molar-refractivity contribution in [2.24, 2.45) is 0 Å². The highest BCUT2D eigenvalue weighted by Gasteiger charge is 2.23. The second kappa shape index (κ2) is 4.43. The number of benzene rings is 1. The maximum absolute atomic E-state index is 11.8. The van der Waals surface area contributed by atoms with Crippen LogP contribution in [0.4, 0.5) is 0 Å². The second-order valence-corrected chi connectivity index (χ2v) is 5.45. The van der Waals surface area contributed by atoms with Gasteiger partial charge in [-0.25, -0.2) is 0 Å². The van der Waals surface area contributed by atoms with E-state index in [1.165, 1.54) is 0 Å². The first kappa shape index (κ1) is 10.1. The zero-order valence-electron chi connectivity index (χ0n) is 7.70. The number of hydrogen-bond donors (Lipinski definition) is 1. The Labute approximate surface area is 91.1 Å². The van der Waals surface area contributed by atoms with E-state index in [4.69, 9.17) is 11.6 Å². The predicted octanol–water partition coefficient (Wildman–Crippen LogP) is 1.73. The van der Waals surface area contributed by atoms with Crippen molar-refractivity contribution < 1.29 is 4.21 Å². The van der Waals surface area contributed by atoms with E-state index in [9.17, 15) is 4.21 Å². The van der Waals surface area contributed by atoms with E-state index in [0.29, 0.717) is 0 Å². The minimum atomic E-state index is -0.786. The molecule has 0 radical (unpaired) electrons. The van der Waals surface area contributed by atoms with Crippen molar-refractivity contribution >= 4 is 22.4 Å². The molecule has 76 valence electrons. The van der Waals surface area contributed by atoms with Crippen LogP contribution < -0.4 is 5.32 Å². The van der Waals surface area contributed by atoms with E-state index in [1.54, 1.807) is 0 Å². The molecule has 0 saturated carbocycles. The van der Waals surface area contributed by atoms with Gasteiger partial charge in [0.25, 0.3) is 0 Å². The van der Waals surface area contributed by atoms with Gasteiger partial charge in [-0.05, 0) is 11.6 Å². The van der Waals surface area contributed by atoms with Crippen LogP contribution in [0.3, 0.4) is 0 Å². The molecular weight excluding hydrogens is 218 g/mol. The molecule has 2 atom stereocenters. The summed E-state index contributed by atoms with van der Waals surface area (Å²) in [5.41, 5.74) is 1.000. The van der Waals surface area contributed by atoms with Crippen molar-refractivity contribution in [1.82, 2.24) is 5.32 Å². The lowest BCUT2D eigenvalue weighted by molar-refractivity contribution is 0.624. The molecule has 0 aromatic heterocycles. The summed E-state index contributed by atoms with van der Waals surface area (Å²) >= 11 is 6.06. The summed E-state index contributed by atoms with van der Waals surface area (Å²) in [5, 5.41) is 4.01. The van der Waals surface area contributed by atoms with Gasteiger partial charge in [-0.15, -0.1) is 0 Å². The summed E-state index contributed by atoms with van der Waals surface area (Å²) in [4.78, 5) is 0. The Hall–Kier alpha value is -0.380. The highest BCUT2D eigenvalue weighted by atomic mass is 35.5. The molecule has 0 aliphatic carbocycles. The Morgan fingerprint density at radius 1 is 1.43 bits per heavy atom. The average molecular weight is 230 g/mol. The monoisotopic (exact) mass is 229 g/mol. The van der Waals surface area contributed by atoms with Crippen LogP contribution in [0, 0.1) is 0 Å². The van der Waals surface area contributed by atoms with Gasteiger partial charge in [-0.3, -0.25) is 4.21 Å². The molecule has 1 aromatic carbocycles. The number of hydrogen-bond acceptors (Lipinski definition) is 2. The lowest BCUT2D eigenvalue weighted by atomic mass is 10.1. The highest BCUT2D eigenvalue weighted by Crippen LogP contribution is 2.27. The van der Waals surface area contributed by atoms with Crippen LogP contribution in [0.1, 0.15) is 10.8 Å². The van der Waals surface area contributed by atoms with Crippen molar-refractivity contribution in [3.63, 3.8) is 0 Å². The molecule has 1 saturated heterocycles. The van der Waals surface area contributed by atoms with Gasteiger partial charge in [0.05, 0.1) is 5.25 Å². The Bertz CT molecular complexity index is 356. The molecule has 1 N–H and O–H groups in total. The first-order chi connectivity index (χ1) is 6.79. The Kier molecular flexibility index (Phi) is 3.21. The van der Waals surface area contributed by atoms with Crippen LogP contribution in [0.25, 0.3) is 0 Å². The van der Waals surface area contributed by atoms with Crippen LogP contribution in [0.2, 0.25) is 5.02 Å². The van der Waals surface area contributed by atoms with Crippen LogP contribution in [-0.2, 0) is 10.8 Å². The van der Waals surface area contributed by atoms with E-state index in [0.717, 1.165) is 29.4 Å². The first-order valence-corrected chi connectivity index (χ1v) is 6.37. The zero-order chi connectivity index (χ0) is 9.97. The molecule has 0 spiro atoms. The Morgan fingerprint density at radius 3 is 2.93 bits per heavy atom. The van der Waals surface area contributed by atoms with Crippen LogP contribution in [0.15, 0.2) is 24.3 Å². The zero-order valence-corrected chi connectivity index (χ0v) is 9.27. The molecule has 0 amide bonds. The predicted molar refractivity (Wildman–Crippen MR) is 60.1 cm³/mol. The minimum absolute atomic E-state index is 0.0532. The van der Waals surface area contributed by atoms with Gasteiger partial charge < -0.3 is 5.32 Å². The SMILES string of the molecule is O=S1CCNCC1c1ccccc1Cl. The van der Waals surface area contributed by atoms with Crippen molar-refractivity contribution in [2.75, 3.05) is 18.8 Å². The average Bonchev–Trinajstić information content (AvgIpc) is 2.20. The third-order valence-electron chi connectivity index (χ3n) is 2.38. The molecule has 1 aliphatic rings. The third kappa shape index (κ3) is 2.00. The Balaban J connectivity index is 2.29. The summed E-state index contributed by atoms with van der Waals surface area (Å²) in [5.74, 6) is 0.718. The minimum Gasteiger partial charge on any atom is -0.314 e. The molecule has 4 heteroatoms. The number of halogens is 1. The van der Waals surface area contributed by atoms with Gasteiger partial charge in [-0.1, -0.05) is 29.8 Å². The second-order valence-electron chi connectivity index (χ2n) is 3.30. The molecule has 1 aromatic rings. The van der Waals surface area contributed by atoms with Crippen molar-refractivity contribution in [3.8, 4) is 0 Å². The third-order valence-corrected chi connectivity index (χ3v) is 4.39. The van der Waals surface area contributed by atoms with Crippen LogP contribution in [-0.4, -0.2) is 23.1 Å². The summed E-state index contributed by atoms with van der Waals surface area (Å²) in [6.45, 7) is 1.60. The van der Waals surface area contributed by atoms with Gasteiger partial charge in [-0.2, -0.15) is 0 Å². The summed E-state index contributed by atoms with van der Waals surface area (Å²) in [6.07, 6.45) is 0. The van der Waals surface area contributed by atoms with Crippen molar-refractivity contribution in [1.29, 1.82) is 0 Å². The topological polar surface area (TPSA) is 29.1 Å². The summed E-state index contributed by atoms with van der Waals surface area (Å²) in [6, 6.07) is 7.64. The van der Waals surface area contributed by atoms with Gasteiger partial charge in [0.2, 0.25) is 0 Å². The lowest BCUT2D eigenvalue weighted by Gasteiger charge is -2.23. The van der Waals surface area contributed by atoms with Crippen LogP contribution >= 0.6 is 11.6 Å². The van der Waals surface area contributed by atoms with Crippen molar-refractivity contribution in [2.45, 2.75) is 5.25 Å². The molecule has 2 nitrogen and oxygen atoms in total. The maximum atomic E-state index is 11.8. The fourth-order valence-electron chi connectivity index (χ4n) is 1.63. The molecule has 2 rings (SSSR count). The maximum Gasteiger partial charge on any atom is 0.0736 e. The van der Waals surface area contributed by atoms with Gasteiger partial charge >= 0.3 is 0 Å². The van der Waals surface area contributed by atoms with E-state index >= 15 is 0 Å². The van der Waals surface area contributed by atoms with Gasteiger partial charge in [0, 0.05) is 34.7 Å². The Morgan fingerprint density at radius 2 is 2.21 bits per heavy atom. The van der Waals surface area contributed by atoms with E-state index in [2.05, 4.69) is 5.32 Å². The van der Waals surface area contributed by atoms with Crippen molar-refractivity contribution in [3.05, 3.63) is 34.9 Å². The largest absolute Gasteiger partial charge is 0.314 e. The quantitative estimate of drug-likeness (QED) is 0.795. The lowest BCUT2D eigenvalue weighted by Crippen LogP contribution is -2.35. The molecule has 1 fully saturated rings. The molecule has 1 aliphatic heterocycles. The molecule has 2 unspecified atom stereocenters. The highest BCUT2D eigenvalue weighted by molar-refractivity contribution is 7.85. The molecule has 14 heavy (non-hydrogen) atoms. The summed E-state index contributed by atoms with van der Waals surface area (Å²) in [7, 11) is -0.786. The standard InChI is InChI=1S/C10H12ClNOS/c11-9-4-2-1-3-8(9)10-7-12-5-6-14(10)13/h1-4,10,12H,5-7H2. The van der Waals surface area contributed by atoms with Crippen LogP contribution in [0.5, 0.6) is 0 Å². The molecule has 0 bridgehead atoms. The van der Waals surface area contributed by atoms with Gasteiger partial charge in [0.1, 0.15) is 0 Å². The normalized spacial score (nSPS) is 27.5. The number of rotatable bonds is 1. The molecular formula is C10H12ClNOS. The first-order valence-electron chi connectivity index (χ1n) is 4.61. The fourth-order valence-corrected chi connectivity index (χ4v) is 3.38. The van der Waals surface area contributed by atoms with E-state index in [-0.39, 0.29) is 5.25 Å². The smallest absolute Gasteiger partial charge is 0.0736 e. The van der Waals surface area contributed by atoms with E-state index in [1.807, 2.05) is 24.3 Å². The van der Waals surface area contributed by atoms with Gasteiger partial charge in [0.15, 0.2) is 0 Å². The number of nitrogens with one attached hydrogen (secondary N) is 1.